The first kappa shape index (κ1) is 11.1. The molecule has 1 aromatic carbocycles. The van der Waals surface area contributed by atoms with Crippen molar-refractivity contribution < 1.29 is 18.7 Å². The van der Waals surface area contributed by atoms with E-state index in [1.165, 1.54) is 12.1 Å². The number of rotatable bonds is 3. The third kappa shape index (κ3) is 1.69. The first-order valence-electron chi connectivity index (χ1n) is 5.20. The summed E-state index contributed by atoms with van der Waals surface area (Å²) < 4.78 is 22.9. The molecule has 0 aliphatic carbocycles. The van der Waals surface area contributed by atoms with Crippen LogP contribution in [0, 0.1) is 5.82 Å². The number of hydrogen-bond donors (Lipinski definition) is 0. The van der Waals surface area contributed by atoms with Crippen LogP contribution in [-0.4, -0.2) is 25.8 Å². The molecule has 0 N–H and O–H groups in total. The van der Waals surface area contributed by atoms with Crippen LogP contribution in [0.2, 0.25) is 0 Å². The topological polar surface area (TPSA) is 35.5 Å². The van der Waals surface area contributed by atoms with Gasteiger partial charge in [0.1, 0.15) is 11.2 Å². The average Bonchev–Trinajstić information content (AvgIpc) is 2.19. The smallest absolute Gasteiger partial charge is 0.321 e. The molecule has 0 radical (unpaired) electrons. The molecule has 1 aromatic rings. The van der Waals surface area contributed by atoms with E-state index < -0.39 is 5.41 Å². The van der Waals surface area contributed by atoms with Crippen molar-refractivity contribution in [2.24, 2.45) is 0 Å². The van der Waals surface area contributed by atoms with Gasteiger partial charge in [-0.15, -0.1) is 0 Å². The van der Waals surface area contributed by atoms with Crippen LogP contribution in [0.1, 0.15) is 12.5 Å². The van der Waals surface area contributed by atoms with Gasteiger partial charge < -0.3 is 9.47 Å². The molecule has 86 valence electrons. The van der Waals surface area contributed by atoms with Crippen molar-refractivity contribution >= 4 is 5.97 Å². The quantitative estimate of drug-likeness (QED) is 0.732. The minimum Gasteiger partial charge on any atom is -0.465 e. The molecule has 0 atom stereocenters. The molecule has 0 aromatic heterocycles. The Hall–Kier alpha value is -1.42. The Balaban J connectivity index is 2.27. The summed E-state index contributed by atoms with van der Waals surface area (Å²) in [5, 5.41) is 0. The predicted octanol–water partition coefficient (Wildman–Crippen LogP) is 1.66. The first-order chi connectivity index (χ1) is 7.69. The number of ether oxygens (including phenoxy) is 2. The summed E-state index contributed by atoms with van der Waals surface area (Å²) in [5.41, 5.74) is 0.0163. The van der Waals surface area contributed by atoms with Crippen molar-refractivity contribution in [1.29, 1.82) is 0 Å². The van der Waals surface area contributed by atoms with Gasteiger partial charge in [0.2, 0.25) is 0 Å². The lowest BCUT2D eigenvalue weighted by atomic mass is 9.78. The van der Waals surface area contributed by atoms with Gasteiger partial charge in [-0.3, -0.25) is 4.79 Å². The minimum atomic E-state index is -0.732. The van der Waals surface area contributed by atoms with Crippen LogP contribution < -0.4 is 0 Å². The lowest BCUT2D eigenvalue weighted by Gasteiger charge is -2.39. The van der Waals surface area contributed by atoms with E-state index in [1.54, 1.807) is 19.1 Å². The van der Waals surface area contributed by atoms with E-state index in [2.05, 4.69) is 0 Å². The monoisotopic (exact) mass is 224 g/mol. The Labute approximate surface area is 93.2 Å². The van der Waals surface area contributed by atoms with E-state index >= 15 is 0 Å². The minimum absolute atomic E-state index is 0.298. The van der Waals surface area contributed by atoms with E-state index in [-0.39, 0.29) is 11.8 Å². The standard InChI is InChI=1S/C12H13FO3/c1-2-16-11(14)12(7-15-8-12)9-3-5-10(13)6-4-9/h3-6H,2,7-8H2,1H3. The lowest BCUT2D eigenvalue weighted by Crippen LogP contribution is -2.53. The number of halogens is 1. The molecule has 0 amide bonds. The van der Waals surface area contributed by atoms with Crippen molar-refractivity contribution in [3.63, 3.8) is 0 Å². The molecule has 2 rings (SSSR count). The van der Waals surface area contributed by atoms with Gasteiger partial charge in [-0.1, -0.05) is 12.1 Å². The highest BCUT2D eigenvalue weighted by Crippen LogP contribution is 2.33. The molecule has 1 saturated heterocycles. The molecule has 0 saturated carbocycles. The number of hydrogen-bond acceptors (Lipinski definition) is 3. The molecule has 4 heteroatoms. The van der Waals surface area contributed by atoms with E-state index in [4.69, 9.17) is 9.47 Å². The van der Waals surface area contributed by atoms with Crippen LogP contribution >= 0.6 is 0 Å². The molecule has 3 nitrogen and oxygen atoms in total. The maximum Gasteiger partial charge on any atom is 0.321 e. The van der Waals surface area contributed by atoms with Crippen LogP contribution in [0.5, 0.6) is 0 Å². The number of carbonyl (C=O) groups is 1. The van der Waals surface area contributed by atoms with Gasteiger partial charge in [-0.05, 0) is 24.6 Å². The fourth-order valence-corrected chi connectivity index (χ4v) is 1.75. The molecule has 16 heavy (non-hydrogen) atoms. The summed E-state index contributed by atoms with van der Waals surface area (Å²) in [6.07, 6.45) is 0. The molecular weight excluding hydrogens is 211 g/mol. The van der Waals surface area contributed by atoms with Crippen molar-refractivity contribution in [1.82, 2.24) is 0 Å². The van der Waals surface area contributed by atoms with Gasteiger partial charge in [0.05, 0.1) is 19.8 Å². The average molecular weight is 224 g/mol. The second kappa shape index (κ2) is 4.22. The third-order valence-electron chi connectivity index (χ3n) is 2.76. The van der Waals surface area contributed by atoms with E-state index in [0.29, 0.717) is 19.8 Å². The highest BCUT2D eigenvalue weighted by atomic mass is 19.1. The Morgan fingerprint density at radius 1 is 1.44 bits per heavy atom. The zero-order valence-electron chi connectivity index (χ0n) is 9.03. The molecule has 0 unspecified atom stereocenters. The lowest BCUT2D eigenvalue weighted by molar-refractivity contribution is -0.169. The van der Waals surface area contributed by atoms with Crippen molar-refractivity contribution in [3.05, 3.63) is 35.6 Å². The second-order valence-corrected chi connectivity index (χ2v) is 3.80. The molecule has 1 heterocycles. The van der Waals surface area contributed by atoms with E-state index in [0.717, 1.165) is 5.56 Å². The summed E-state index contributed by atoms with van der Waals surface area (Å²) in [6, 6.07) is 5.90. The first-order valence-corrected chi connectivity index (χ1v) is 5.20. The molecule has 1 fully saturated rings. The molecule has 1 aliphatic rings. The Morgan fingerprint density at radius 3 is 2.50 bits per heavy atom. The van der Waals surface area contributed by atoms with Crippen molar-refractivity contribution in [3.8, 4) is 0 Å². The number of benzene rings is 1. The van der Waals surface area contributed by atoms with Crippen molar-refractivity contribution in [2.45, 2.75) is 12.3 Å². The summed E-state index contributed by atoms with van der Waals surface area (Å²) in [7, 11) is 0. The van der Waals surface area contributed by atoms with Crippen LogP contribution in [0.3, 0.4) is 0 Å². The van der Waals surface area contributed by atoms with Gasteiger partial charge in [0.25, 0.3) is 0 Å². The maximum atomic E-state index is 12.8. The fraction of sp³-hybridized carbons (Fsp3) is 0.417. The normalized spacial score (nSPS) is 17.6. The Kier molecular flexibility index (Phi) is 2.92. The Bertz CT molecular complexity index is 382. The summed E-state index contributed by atoms with van der Waals surface area (Å²) >= 11 is 0. The van der Waals surface area contributed by atoms with E-state index in [1.807, 2.05) is 0 Å². The largest absolute Gasteiger partial charge is 0.465 e. The van der Waals surface area contributed by atoms with Crippen LogP contribution in [-0.2, 0) is 19.7 Å². The highest BCUT2D eigenvalue weighted by Gasteiger charge is 2.48. The van der Waals surface area contributed by atoms with Gasteiger partial charge in [0.15, 0.2) is 0 Å². The van der Waals surface area contributed by atoms with E-state index in [9.17, 15) is 9.18 Å². The fourth-order valence-electron chi connectivity index (χ4n) is 1.75. The number of carbonyl (C=O) groups excluding carboxylic acids is 1. The summed E-state index contributed by atoms with van der Waals surface area (Å²) in [5.74, 6) is -0.615. The van der Waals surface area contributed by atoms with Crippen LogP contribution in [0.15, 0.2) is 24.3 Å². The maximum absolute atomic E-state index is 12.8. The highest BCUT2D eigenvalue weighted by molar-refractivity contribution is 5.84. The molecule has 0 spiro atoms. The zero-order valence-corrected chi connectivity index (χ0v) is 9.03. The molecule has 1 aliphatic heterocycles. The number of esters is 1. The van der Waals surface area contributed by atoms with Crippen LogP contribution in [0.4, 0.5) is 4.39 Å². The Morgan fingerprint density at radius 2 is 2.06 bits per heavy atom. The van der Waals surface area contributed by atoms with Crippen LogP contribution in [0.25, 0.3) is 0 Å². The zero-order chi connectivity index (χ0) is 11.6. The third-order valence-corrected chi connectivity index (χ3v) is 2.76. The second-order valence-electron chi connectivity index (χ2n) is 3.80. The summed E-state index contributed by atoms with van der Waals surface area (Å²) in [6.45, 7) is 2.70. The molecule has 0 bridgehead atoms. The van der Waals surface area contributed by atoms with Gasteiger partial charge in [0, 0.05) is 0 Å². The predicted molar refractivity (Wildman–Crippen MR) is 55.5 cm³/mol. The van der Waals surface area contributed by atoms with Gasteiger partial charge in [-0.25, -0.2) is 4.39 Å². The van der Waals surface area contributed by atoms with Gasteiger partial charge >= 0.3 is 5.97 Å². The van der Waals surface area contributed by atoms with Crippen molar-refractivity contribution in [2.75, 3.05) is 19.8 Å². The molecular formula is C12H13FO3. The SMILES string of the molecule is CCOC(=O)C1(c2ccc(F)cc2)COC1. The van der Waals surface area contributed by atoms with Gasteiger partial charge in [-0.2, -0.15) is 0 Å². The summed E-state index contributed by atoms with van der Waals surface area (Å²) in [4.78, 5) is 11.8.